The molecule has 0 aliphatic heterocycles. The summed E-state index contributed by atoms with van der Waals surface area (Å²) < 4.78 is 12.9. The maximum absolute atomic E-state index is 12.9. The molecule has 1 aromatic carbocycles. The zero-order valence-electron chi connectivity index (χ0n) is 12.8. The van der Waals surface area contributed by atoms with Crippen molar-refractivity contribution in [1.82, 2.24) is 0 Å². The van der Waals surface area contributed by atoms with E-state index in [4.69, 9.17) is 0 Å². The van der Waals surface area contributed by atoms with Gasteiger partial charge in [0.25, 0.3) is 0 Å². The summed E-state index contributed by atoms with van der Waals surface area (Å²) in [5.41, 5.74) is -2.44. The first-order valence-corrected chi connectivity index (χ1v) is 7.33. The Labute approximate surface area is 128 Å². The number of hydrogen-bond donors (Lipinski definition) is 1. The van der Waals surface area contributed by atoms with Crippen molar-refractivity contribution in [3.8, 4) is 0 Å². The van der Waals surface area contributed by atoms with Crippen LogP contribution in [0.3, 0.4) is 0 Å². The van der Waals surface area contributed by atoms with Gasteiger partial charge in [-0.1, -0.05) is 20.8 Å². The summed E-state index contributed by atoms with van der Waals surface area (Å²) >= 11 is 0. The van der Waals surface area contributed by atoms with Crippen molar-refractivity contribution in [3.63, 3.8) is 0 Å². The zero-order valence-corrected chi connectivity index (χ0v) is 12.8. The van der Waals surface area contributed by atoms with Crippen molar-refractivity contribution in [2.45, 2.75) is 33.6 Å². The molecule has 2 bridgehead atoms. The molecular weight excluding hydrogens is 285 g/mol. The maximum Gasteiger partial charge on any atom is 0.239 e. The number of nitrogens with one attached hydrogen (secondary N) is 1. The standard InChI is InChI=1S/C17H18FNO3/c1-15(2)16(3)8-9-17(15,13(21)12(16)20)14(22)19-11-6-4-10(18)5-7-11/h4-7H,8-9H2,1-3H3,(H,19,22)/t16-,17-/m0/s1. The van der Waals surface area contributed by atoms with Gasteiger partial charge in [0.2, 0.25) is 17.5 Å². The van der Waals surface area contributed by atoms with Crippen LogP contribution < -0.4 is 5.32 Å². The lowest BCUT2D eigenvalue weighted by atomic mass is 9.64. The molecule has 5 heteroatoms. The number of halogens is 1. The Hall–Kier alpha value is -2.04. The van der Waals surface area contributed by atoms with Crippen LogP contribution in [0.1, 0.15) is 33.6 Å². The second-order valence-corrected chi connectivity index (χ2v) is 6.98. The van der Waals surface area contributed by atoms with Gasteiger partial charge in [-0.25, -0.2) is 4.39 Å². The molecule has 2 aliphatic rings. The highest BCUT2D eigenvalue weighted by Gasteiger charge is 2.77. The Morgan fingerprint density at radius 2 is 1.64 bits per heavy atom. The first kappa shape index (κ1) is 14.9. The van der Waals surface area contributed by atoms with Gasteiger partial charge in [-0.2, -0.15) is 0 Å². The van der Waals surface area contributed by atoms with E-state index in [1.54, 1.807) is 6.92 Å². The van der Waals surface area contributed by atoms with Gasteiger partial charge in [0.1, 0.15) is 11.2 Å². The maximum atomic E-state index is 12.9. The van der Waals surface area contributed by atoms with Gasteiger partial charge >= 0.3 is 0 Å². The lowest BCUT2D eigenvalue weighted by Gasteiger charge is -2.37. The van der Waals surface area contributed by atoms with E-state index in [-0.39, 0.29) is 0 Å². The van der Waals surface area contributed by atoms with E-state index in [0.717, 1.165) is 0 Å². The molecule has 1 aromatic rings. The minimum Gasteiger partial charge on any atom is -0.325 e. The van der Waals surface area contributed by atoms with Gasteiger partial charge in [-0.05, 0) is 42.5 Å². The Kier molecular flexibility index (Phi) is 2.87. The molecule has 4 nitrogen and oxygen atoms in total. The van der Waals surface area contributed by atoms with Crippen LogP contribution in [-0.4, -0.2) is 17.5 Å². The molecule has 0 saturated heterocycles. The number of rotatable bonds is 2. The molecule has 116 valence electrons. The Morgan fingerprint density at radius 3 is 2.14 bits per heavy atom. The van der Waals surface area contributed by atoms with Crippen LogP contribution in [0.5, 0.6) is 0 Å². The summed E-state index contributed by atoms with van der Waals surface area (Å²) in [6, 6.07) is 5.34. The van der Waals surface area contributed by atoms with E-state index >= 15 is 0 Å². The second-order valence-electron chi connectivity index (χ2n) is 6.98. The molecule has 0 unspecified atom stereocenters. The van der Waals surface area contributed by atoms with Crippen LogP contribution in [0.4, 0.5) is 10.1 Å². The van der Waals surface area contributed by atoms with Crippen molar-refractivity contribution in [2.75, 3.05) is 5.32 Å². The first-order chi connectivity index (χ1) is 10.2. The average Bonchev–Trinajstić information content (AvgIpc) is 2.74. The quantitative estimate of drug-likeness (QED) is 0.675. The highest BCUT2D eigenvalue weighted by atomic mass is 19.1. The predicted molar refractivity (Wildman–Crippen MR) is 78.6 cm³/mol. The third-order valence-electron chi connectivity index (χ3n) is 6.03. The van der Waals surface area contributed by atoms with E-state index in [2.05, 4.69) is 5.32 Å². The summed E-state index contributed by atoms with van der Waals surface area (Å²) in [7, 11) is 0. The van der Waals surface area contributed by atoms with Crippen LogP contribution in [0.2, 0.25) is 0 Å². The molecule has 2 saturated carbocycles. The fourth-order valence-electron chi connectivity index (χ4n) is 4.04. The fraction of sp³-hybridized carbons (Fsp3) is 0.471. The largest absolute Gasteiger partial charge is 0.325 e. The van der Waals surface area contributed by atoms with Crippen LogP contribution >= 0.6 is 0 Å². The van der Waals surface area contributed by atoms with E-state index < -0.39 is 39.5 Å². The number of benzene rings is 1. The summed E-state index contributed by atoms with van der Waals surface area (Å²) in [6.45, 7) is 5.40. The molecule has 0 aromatic heterocycles. The van der Waals surface area contributed by atoms with Crippen LogP contribution in [0.25, 0.3) is 0 Å². The van der Waals surface area contributed by atoms with Gasteiger partial charge in [0.15, 0.2) is 0 Å². The molecule has 2 aliphatic carbocycles. The number of ketones is 2. The number of anilines is 1. The predicted octanol–water partition coefficient (Wildman–Crippen LogP) is 2.73. The van der Waals surface area contributed by atoms with Crippen molar-refractivity contribution in [3.05, 3.63) is 30.1 Å². The Balaban J connectivity index is 1.99. The minimum atomic E-state index is -1.33. The van der Waals surface area contributed by atoms with Crippen LogP contribution in [0, 0.1) is 22.1 Å². The molecule has 0 radical (unpaired) electrons. The number of amides is 1. The summed E-state index contributed by atoms with van der Waals surface area (Å²) in [4.78, 5) is 37.7. The average molecular weight is 303 g/mol. The van der Waals surface area contributed by atoms with Crippen molar-refractivity contribution in [2.24, 2.45) is 16.2 Å². The molecule has 2 fully saturated rings. The number of hydrogen-bond acceptors (Lipinski definition) is 3. The van der Waals surface area contributed by atoms with Crippen LogP contribution in [0.15, 0.2) is 24.3 Å². The lowest BCUT2D eigenvalue weighted by Crippen LogP contribution is -2.47. The van der Waals surface area contributed by atoms with Gasteiger partial charge in [-0.15, -0.1) is 0 Å². The van der Waals surface area contributed by atoms with E-state index in [0.29, 0.717) is 18.5 Å². The third-order valence-corrected chi connectivity index (χ3v) is 6.03. The van der Waals surface area contributed by atoms with Gasteiger partial charge < -0.3 is 5.32 Å². The summed E-state index contributed by atoms with van der Waals surface area (Å²) in [5.74, 6) is -1.91. The molecule has 3 rings (SSSR count). The Morgan fingerprint density at radius 1 is 1.05 bits per heavy atom. The van der Waals surface area contributed by atoms with E-state index in [1.807, 2.05) is 13.8 Å². The SMILES string of the molecule is CC1(C)[C@@]2(C(=O)Nc3ccc(F)cc3)CC[C@@]1(C)C(=O)C2=O. The highest BCUT2D eigenvalue weighted by Crippen LogP contribution is 2.69. The lowest BCUT2D eigenvalue weighted by molar-refractivity contribution is -0.147. The number of Topliss-reactive ketones (excluding diaryl/α,β-unsaturated/α-hetero) is 2. The van der Waals surface area contributed by atoms with Crippen molar-refractivity contribution in [1.29, 1.82) is 0 Å². The molecule has 22 heavy (non-hydrogen) atoms. The summed E-state index contributed by atoms with van der Waals surface area (Å²) in [6.07, 6.45) is 0.898. The first-order valence-electron chi connectivity index (χ1n) is 7.33. The van der Waals surface area contributed by atoms with E-state index in [9.17, 15) is 18.8 Å². The molecule has 0 heterocycles. The smallest absolute Gasteiger partial charge is 0.239 e. The highest BCUT2D eigenvalue weighted by molar-refractivity contribution is 6.49. The second kappa shape index (κ2) is 4.24. The van der Waals surface area contributed by atoms with Crippen LogP contribution in [-0.2, 0) is 14.4 Å². The van der Waals surface area contributed by atoms with Crippen molar-refractivity contribution >= 4 is 23.2 Å². The molecule has 1 N–H and O–H groups in total. The minimum absolute atomic E-state index is 0.369. The van der Waals surface area contributed by atoms with Gasteiger partial charge in [0.05, 0.1) is 0 Å². The number of carbonyl (C=O) groups excluding carboxylic acids is 3. The Bertz CT molecular complexity index is 694. The molecular formula is C17H18FNO3. The van der Waals surface area contributed by atoms with E-state index in [1.165, 1.54) is 24.3 Å². The molecule has 0 spiro atoms. The summed E-state index contributed by atoms with van der Waals surface area (Å²) in [5, 5.41) is 2.67. The molecule has 1 amide bonds. The number of carbonyl (C=O) groups is 3. The van der Waals surface area contributed by atoms with Crippen molar-refractivity contribution < 1.29 is 18.8 Å². The van der Waals surface area contributed by atoms with Gasteiger partial charge in [-0.3, -0.25) is 14.4 Å². The third kappa shape index (κ3) is 1.49. The fourth-order valence-corrected chi connectivity index (χ4v) is 4.04. The topological polar surface area (TPSA) is 63.2 Å². The number of fused-ring (bicyclic) bond motifs is 2. The molecule has 2 atom stereocenters. The normalized spacial score (nSPS) is 32.4. The monoisotopic (exact) mass is 303 g/mol. The zero-order chi connectivity index (χ0) is 16.3. The van der Waals surface area contributed by atoms with Gasteiger partial charge in [0, 0.05) is 11.1 Å².